The second-order valence-electron chi connectivity index (χ2n) is 4.75. The predicted molar refractivity (Wildman–Crippen MR) is 72.7 cm³/mol. The minimum atomic E-state index is -0.298. The van der Waals surface area contributed by atoms with E-state index >= 15 is 0 Å². The Morgan fingerprint density at radius 2 is 2.26 bits per heavy atom. The van der Waals surface area contributed by atoms with Crippen molar-refractivity contribution in [3.8, 4) is 0 Å². The highest BCUT2D eigenvalue weighted by molar-refractivity contribution is 5.73. The molecular formula is C13H19N5O. The molecule has 0 saturated carbocycles. The molecule has 1 unspecified atom stereocenters. The molecule has 6 heteroatoms. The van der Waals surface area contributed by atoms with Crippen molar-refractivity contribution >= 4 is 11.6 Å². The number of aromatic nitrogens is 3. The van der Waals surface area contributed by atoms with Crippen LogP contribution in [-0.4, -0.2) is 27.0 Å². The van der Waals surface area contributed by atoms with Gasteiger partial charge in [-0.3, -0.25) is 4.79 Å². The average molecular weight is 261 g/mol. The monoisotopic (exact) mass is 261 g/mol. The van der Waals surface area contributed by atoms with Crippen molar-refractivity contribution in [2.75, 3.05) is 6.54 Å². The lowest BCUT2D eigenvalue weighted by molar-refractivity contribution is -0.117. The highest BCUT2D eigenvalue weighted by Crippen LogP contribution is 2.17. The van der Waals surface area contributed by atoms with Crippen LogP contribution in [0.1, 0.15) is 36.3 Å². The molecule has 2 aromatic heterocycles. The topological polar surface area (TPSA) is 85.3 Å². The first-order valence-electron chi connectivity index (χ1n) is 6.32. The summed E-state index contributed by atoms with van der Waals surface area (Å²) in [5.41, 5.74) is 9.04. The van der Waals surface area contributed by atoms with Crippen molar-refractivity contribution in [3.63, 3.8) is 0 Å². The molecule has 2 rings (SSSR count). The van der Waals surface area contributed by atoms with E-state index in [0.717, 1.165) is 22.6 Å². The Bertz CT molecular complexity index is 604. The van der Waals surface area contributed by atoms with Crippen LogP contribution in [-0.2, 0) is 4.79 Å². The summed E-state index contributed by atoms with van der Waals surface area (Å²) >= 11 is 0. The van der Waals surface area contributed by atoms with E-state index < -0.39 is 0 Å². The van der Waals surface area contributed by atoms with Crippen molar-refractivity contribution in [3.05, 3.63) is 29.2 Å². The van der Waals surface area contributed by atoms with Gasteiger partial charge in [0.05, 0.1) is 5.69 Å². The standard InChI is InChI=1S/C13H19N5O/c1-8-6-13-16-7-11(10(3)18(13)17-8)9(2)15-5-4-12(14)19/h6-7,9,15H,4-5H2,1-3H3,(H2,14,19). The van der Waals surface area contributed by atoms with Gasteiger partial charge in [0.1, 0.15) is 0 Å². The van der Waals surface area contributed by atoms with Crippen LogP contribution < -0.4 is 11.1 Å². The summed E-state index contributed by atoms with van der Waals surface area (Å²) in [6, 6.07) is 2.04. The van der Waals surface area contributed by atoms with Crippen LogP contribution in [0.15, 0.2) is 12.3 Å². The number of hydrogen-bond acceptors (Lipinski definition) is 4. The zero-order chi connectivity index (χ0) is 14.0. The first kappa shape index (κ1) is 13.5. The van der Waals surface area contributed by atoms with Crippen molar-refractivity contribution in [1.29, 1.82) is 0 Å². The molecule has 0 fully saturated rings. The van der Waals surface area contributed by atoms with Gasteiger partial charge < -0.3 is 11.1 Å². The van der Waals surface area contributed by atoms with E-state index in [1.807, 2.05) is 37.5 Å². The lowest BCUT2D eigenvalue weighted by atomic mass is 10.1. The Kier molecular flexibility index (Phi) is 3.80. The lowest BCUT2D eigenvalue weighted by Gasteiger charge is -2.16. The number of aryl methyl sites for hydroxylation is 2. The van der Waals surface area contributed by atoms with Crippen molar-refractivity contribution < 1.29 is 4.79 Å². The Morgan fingerprint density at radius 1 is 1.53 bits per heavy atom. The molecule has 102 valence electrons. The van der Waals surface area contributed by atoms with Gasteiger partial charge in [-0.05, 0) is 20.8 Å². The number of fused-ring (bicyclic) bond motifs is 1. The van der Waals surface area contributed by atoms with Gasteiger partial charge in [0.25, 0.3) is 0 Å². The SMILES string of the molecule is Cc1cc2ncc(C(C)NCCC(N)=O)c(C)n2n1. The van der Waals surface area contributed by atoms with E-state index in [0.29, 0.717) is 13.0 Å². The fourth-order valence-electron chi connectivity index (χ4n) is 2.12. The number of rotatable bonds is 5. The molecule has 19 heavy (non-hydrogen) atoms. The van der Waals surface area contributed by atoms with Gasteiger partial charge in [-0.2, -0.15) is 5.10 Å². The molecular weight excluding hydrogens is 242 g/mol. The smallest absolute Gasteiger partial charge is 0.218 e. The third-order valence-corrected chi connectivity index (χ3v) is 3.17. The van der Waals surface area contributed by atoms with Crippen LogP contribution >= 0.6 is 0 Å². The van der Waals surface area contributed by atoms with E-state index in [1.165, 1.54) is 0 Å². The van der Waals surface area contributed by atoms with E-state index in [-0.39, 0.29) is 11.9 Å². The maximum Gasteiger partial charge on any atom is 0.218 e. The number of hydrogen-bond donors (Lipinski definition) is 2. The molecule has 6 nitrogen and oxygen atoms in total. The van der Waals surface area contributed by atoms with Crippen LogP contribution in [0.4, 0.5) is 0 Å². The molecule has 1 amide bonds. The van der Waals surface area contributed by atoms with Gasteiger partial charge in [0, 0.05) is 42.5 Å². The Hall–Kier alpha value is -1.95. The van der Waals surface area contributed by atoms with Crippen molar-refractivity contribution in [1.82, 2.24) is 19.9 Å². The largest absolute Gasteiger partial charge is 0.370 e. The molecule has 0 saturated heterocycles. The van der Waals surface area contributed by atoms with E-state index in [2.05, 4.69) is 15.4 Å². The van der Waals surface area contributed by atoms with Gasteiger partial charge in [-0.15, -0.1) is 0 Å². The Morgan fingerprint density at radius 3 is 2.95 bits per heavy atom. The van der Waals surface area contributed by atoms with Crippen molar-refractivity contribution in [2.45, 2.75) is 33.2 Å². The minimum absolute atomic E-state index is 0.0979. The number of nitrogens with zero attached hydrogens (tertiary/aromatic N) is 3. The lowest BCUT2D eigenvalue weighted by Crippen LogP contribution is -2.25. The molecule has 2 aromatic rings. The maximum absolute atomic E-state index is 10.7. The molecule has 0 aromatic carbocycles. The van der Waals surface area contributed by atoms with Gasteiger partial charge >= 0.3 is 0 Å². The summed E-state index contributed by atoms with van der Waals surface area (Å²) in [5, 5.41) is 7.68. The molecule has 0 aliphatic heterocycles. The molecule has 0 bridgehead atoms. The second kappa shape index (κ2) is 5.36. The molecule has 0 radical (unpaired) electrons. The summed E-state index contributed by atoms with van der Waals surface area (Å²) in [6.45, 7) is 6.56. The predicted octanol–water partition coefficient (Wildman–Crippen LogP) is 0.872. The zero-order valence-corrected chi connectivity index (χ0v) is 11.5. The molecule has 0 aliphatic rings. The quantitative estimate of drug-likeness (QED) is 0.836. The molecule has 0 spiro atoms. The maximum atomic E-state index is 10.7. The Balaban J connectivity index is 2.19. The molecule has 3 N–H and O–H groups in total. The first-order valence-corrected chi connectivity index (χ1v) is 6.32. The number of primary amides is 1. The van der Waals surface area contributed by atoms with Crippen LogP contribution in [0.2, 0.25) is 0 Å². The Labute approximate surface area is 112 Å². The number of amides is 1. The number of nitrogens with two attached hydrogens (primary N) is 1. The summed E-state index contributed by atoms with van der Waals surface area (Å²) in [7, 11) is 0. The van der Waals surface area contributed by atoms with E-state index in [1.54, 1.807) is 0 Å². The first-order chi connectivity index (χ1) is 8.99. The van der Waals surface area contributed by atoms with Gasteiger partial charge in [0.2, 0.25) is 5.91 Å². The molecule has 0 aliphatic carbocycles. The van der Waals surface area contributed by atoms with Crippen LogP contribution in [0.5, 0.6) is 0 Å². The van der Waals surface area contributed by atoms with Crippen LogP contribution in [0.25, 0.3) is 5.65 Å². The van der Waals surface area contributed by atoms with Gasteiger partial charge in [0.15, 0.2) is 5.65 Å². The average Bonchev–Trinajstić information content (AvgIpc) is 2.70. The van der Waals surface area contributed by atoms with Crippen molar-refractivity contribution in [2.24, 2.45) is 5.73 Å². The third-order valence-electron chi connectivity index (χ3n) is 3.17. The number of carbonyl (C=O) groups is 1. The highest BCUT2D eigenvalue weighted by atomic mass is 16.1. The minimum Gasteiger partial charge on any atom is -0.370 e. The second-order valence-corrected chi connectivity index (χ2v) is 4.75. The molecule has 2 heterocycles. The van der Waals surface area contributed by atoms with Crippen LogP contribution in [0.3, 0.4) is 0 Å². The summed E-state index contributed by atoms with van der Waals surface area (Å²) in [5.74, 6) is -0.298. The fourth-order valence-corrected chi connectivity index (χ4v) is 2.12. The summed E-state index contributed by atoms with van der Waals surface area (Å²) in [4.78, 5) is 15.1. The summed E-state index contributed by atoms with van der Waals surface area (Å²) < 4.78 is 1.84. The highest BCUT2D eigenvalue weighted by Gasteiger charge is 2.12. The van der Waals surface area contributed by atoms with E-state index in [4.69, 9.17) is 5.73 Å². The normalized spacial score (nSPS) is 12.8. The third kappa shape index (κ3) is 2.90. The number of carbonyl (C=O) groups excluding carboxylic acids is 1. The fraction of sp³-hybridized carbons (Fsp3) is 0.462. The zero-order valence-electron chi connectivity index (χ0n) is 11.5. The number of nitrogens with one attached hydrogen (secondary N) is 1. The van der Waals surface area contributed by atoms with E-state index in [9.17, 15) is 4.79 Å². The molecule has 1 atom stereocenters. The van der Waals surface area contributed by atoms with Gasteiger partial charge in [-0.1, -0.05) is 0 Å². The van der Waals surface area contributed by atoms with Crippen LogP contribution in [0, 0.1) is 13.8 Å². The van der Waals surface area contributed by atoms with Gasteiger partial charge in [-0.25, -0.2) is 9.50 Å². The summed E-state index contributed by atoms with van der Waals surface area (Å²) in [6.07, 6.45) is 2.19.